The number of pyridine rings is 1. The van der Waals surface area contributed by atoms with Crippen molar-refractivity contribution in [2.45, 2.75) is 32.5 Å². The molecular weight excluding hydrogens is 579 g/mol. The van der Waals surface area contributed by atoms with Crippen molar-refractivity contribution in [2.75, 3.05) is 44.8 Å². The van der Waals surface area contributed by atoms with Crippen LogP contribution >= 0.6 is 0 Å². The Hall–Kier alpha value is -4.43. The van der Waals surface area contributed by atoms with Crippen LogP contribution in [0, 0.1) is 5.41 Å². The fourth-order valence-corrected chi connectivity index (χ4v) is 5.25. The third kappa shape index (κ3) is 6.55. The van der Waals surface area contributed by atoms with E-state index in [1.807, 2.05) is 23.6 Å². The van der Waals surface area contributed by atoms with Gasteiger partial charge >= 0.3 is 6.18 Å². The number of halogens is 3. The summed E-state index contributed by atoms with van der Waals surface area (Å²) in [5, 5.41) is 2.38. The Balaban J connectivity index is 1.27. The number of carbonyl (C=O) groups excluding carboxylic acids is 2. The molecule has 2 aromatic rings. The number of morpholine rings is 1. The number of ether oxygens (including phenoxy) is 2. The third-order valence-electron chi connectivity index (χ3n) is 7.83. The highest BCUT2D eigenvalue weighted by molar-refractivity contribution is 6.05. The molecule has 3 aliphatic heterocycles. The number of aromatic nitrogens is 1. The zero-order valence-electron chi connectivity index (χ0n) is 24.4. The van der Waals surface area contributed by atoms with Gasteiger partial charge in [-0.2, -0.15) is 13.2 Å². The van der Waals surface area contributed by atoms with Crippen LogP contribution in [0.4, 0.5) is 19.0 Å². The molecule has 0 saturated carbocycles. The summed E-state index contributed by atoms with van der Waals surface area (Å²) >= 11 is 0. The van der Waals surface area contributed by atoms with Gasteiger partial charge in [0.2, 0.25) is 5.91 Å². The number of nitrogens with two attached hydrogens (primary N) is 2. The first-order valence-corrected chi connectivity index (χ1v) is 14.1. The molecule has 2 fully saturated rings. The molecule has 1 aromatic heterocycles. The Labute approximate surface area is 252 Å². The summed E-state index contributed by atoms with van der Waals surface area (Å²) in [7, 11) is 0. The summed E-state index contributed by atoms with van der Waals surface area (Å²) in [6.07, 6.45) is -1.52. The summed E-state index contributed by atoms with van der Waals surface area (Å²) in [6.45, 7) is 6.60. The van der Waals surface area contributed by atoms with Crippen LogP contribution in [-0.2, 0) is 20.4 Å². The predicted octanol–water partition coefficient (Wildman–Crippen LogP) is 3.17. The highest BCUT2D eigenvalue weighted by Crippen LogP contribution is 2.32. The second-order valence-corrected chi connectivity index (χ2v) is 11.2. The van der Waals surface area contributed by atoms with Crippen molar-refractivity contribution in [3.63, 3.8) is 0 Å². The lowest BCUT2D eigenvalue weighted by atomic mass is 9.86. The van der Waals surface area contributed by atoms with Crippen LogP contribution in [0.15, 0.2) is 65.2 Å². The van der Waals surface area contributed by atoms with Gasteiger partial charge in [-0.25, -0.2) is 9.98 Å². The summed E-state index contributed by atoms with van der Waals surface area (Å²) in [6, 6.07) is 7.84. The van der Waals surface area contributed by atoms with E-state index >= 15 is 0 Å². The molecule has 1 atom stereocenters. The van der Waals surface area contributed by atoms with Gasteiger partial charge in [0, 0.05) is 43.3 Å². The SMILES string of the molecule is CC1=CN=C(N)/C(=C(/N)c2ccc(C(=O)Nc3cc(C(F)(F)F)ccn3)cc2)N1CC[C@H]1CN(C(=O)C2(C)COC2)CCO1. The number of carbonyl (C=O) groups is 2. The number of hydrogen-bond acceptors (Lipinski definition) is 9. The van der Waals surface area contributed by atoms with E-state index in [-0.39, 0.29) is 29.2 Å². The summed E-state index contributed by atoms with van der Waals surface area (Å²) in [5.74, 6) is -0.562. The second-order valence-electron chi connectivity index (χ2n) is 11.2. The first kappa shape index (κ1) is 31.0. The number of anilines is 1. The number of rotatable bonds is 7. The first-order valence-electron chi connectivity index (χ1n) is 14.1. The number of alkyl halides is 3. The van der Waals surface area contributed by atoms with Crippen LogP contribution in [-0.4, -0.2) is 78.0 Å². The molecule has 2 saturated heterocycles. The minimum atomic E-state index is -4.56. The van der Waals surface area contributed by atoms with Crippen LogP contribution in [0.25, 0.3) is 5.70 Å². The van der Waals surface area contributed by atoms with Gasteiger partial charge in [-0.15, -0.1) is 0 Å². The normalized spacial score (nSPS) is 21.2. The third-order valence-corrected chi connectivity index (χ3v) is 7.83. The Morgan fingerprint density at radius 3 is 2.52 bits per heavy atom. The van der Waals surface area contributed by atoms with Crippen molar-refractivity contribution >= 4 is 29.2 Å². The maximum absolute atomic E-state index is 13.0. The van der Waals surface area contributed by atoms with E-state index in [1.165, 1.54) is 12.1 Å². The molecule has 0 bridgehead atoms. The van der Waals surface area contributed by atoms with Crippen molar-refractivity contribution in [2.24, 2.45) is 21.9 Å². The van der Waals surface area contributed by atoms with Gasteiger partial charge in [0.1, 0.15) is 17.4 Å². The van der Waals surface area contributed by atoms with Gasteiger partial charge in [-0.3, -0.25) is 9.59 Å². The molecule has 234 valence electrons. The monoisotopic (exact) mass is 613 g/mol. The fourth-order valence-electron chi connectivity index (χ4n) is 5.25. The minimum Gasteiger partial charge on any atom is -0.396 e. The van der Waals surface area contributed by atoms with Crippen molar-refractivity contribution in [1.82, 2.24) is 14.8 Å². The topological polar surface area (TPSA) is 148 Å². The molecular formula is C30H34F3N7O4. The van der Waals surface area contributed by atoms with E-state index in [1.54, 1.807) is 18.3 Å². The van der Waals surface area contributed by atoms with Crippen molar-refractivity contribution < 1.29 is 32.2 Å². The Bertz CT molecular complexity index is 1520. The van der Waals surface area contributed by atoms with Crippen LogP contribution in [0.1, 0.15) is 41.8 Å². The molecule has 4 heterocycles. The standard InChI is InChI=1S/C30H34F3N7O4/c1-18-14-37-26(35)25(40(18)10-8-22-15-39(11-12-44-22)28(42)29(2)16-43-17-29)24(34)19-3-5-20(6-4-19)27(41)38-23-13-21(7-9-36-23)30(31,32)33/h3-7,9,13-14,22H,8,10-12,15-17,34H2,1-2H3,(H2,35,37)(H,36,38,41)/b25-24-/t22-/m0/s1. The van der Waals surface area contributed by atoms with Crippen LogP contribution < -0.4 is 16.8 Å². The number of allylic oxidation sites excluding steroid dienone is 1. The molecule has 0 unspecified atom stereocenters. The van der Waals surface area contributed by atoms with Crippen LogP contribution in [0.2, 0.25) is 0 Å². The lowest BCUT2D eigenvalue weighted by Gasteiger charge is -2.43. The number of amidine groups is 1. The molecule has 44 heavy (non-hydrogen) atoms. The van der Waals surface area contributed by atoms with Gasteiger partial charge in [0.25, 0.3) is 5.91 Å². The van der Waals surface area contributed by atoms with E-state index in [9.17, 15) is 22.8 Å². The summed E-state index contributed by atoms with van der Waals surface area (Å²) in [5.41, 5.74) is 13.9. The molecule has 0 radical (unpaired) electrons. The fraction of sp³-hybridized carbons (Fsp3) is 0.400. The number of amides is 2. The molecule has 3 aliphatic rings. The minimum absolute atomic E-state index is 0.0792. The van der Waals surface area contributed by atoms with Gasteiger partial charge in [0.05, 0.1) is 42.6 Å². The first-order chi connectivity index (χ1) is 20.9. The Kier molecular flexibility index (Phi) is 8.66. The van der Waals surface area contributed by atoms with Gasteiger partial charge in [0.15, 0.2) is 0 Å². The summed E-state index contributed by atoms with van der Waals surface area (Å²) < 4.78 is 50.3. The average molecular weight is 614 g/mol. The van der Waals surface area contributed by atoms with E-state index in [4.69, 9.17) is 20.9 Å². The molecule has 0 spiro atoms. The van der Waals surface area contributed by atoms with Crippen molar-refractivity contribution in [3.8, 4) is 0 Å². The number of hydrogen-bond donors (Lipinski definition) is 3. The number of aliphatic imine (C=N–C) groups is 1. The van der Waals surface area contributed by atoms with Gasteiger partial charge < -0.3 is 36.1 Å². The molecule has 5 rings (SSSR count). The summed E-state index contributed by atoms with van der Waals surface area (Å²) in [4.78, 5) is 37.6. The van der Waals surface area contributed by atoms with Crippen LogP contribution in [0.5, 0.6) is 0 Å². The zero-order valence-corrected chi connectivity index (χ0v) is 24.4. The lowest BCUT2D eigenvalue weighted by Crippen LogP contribution is -2.57. The van der Waals surface area contributed by atoms with E-state index in [0.29, 0.717) is 62.8 Å². The van der Waals surface area contributed by atoms with Crippen LogP contribution in [0.3, 0.4) is 0 Å². The number of benzene rings is 1. The molecule has 11 nitrogen and oxygen atoms in total. The highest BCUT2D eigenvalue weighted by Gasteiger charge is 2.44. The molecule has 14 heteroatoms. The van der Waals surface area contributed by atoms with Gasteiger partial charge in [-0.05, 0) is 50.1 Å². The number of nitrogens with one attached hydrogen (secondary N) is 1. The quantitative estimate of drug-likeness (QED) is 0.432. The van der Waals surface area contributed by atoms with Crippen molar-refractivity contribution in [1.29, 1.82) is 0 Å². The lowest BCUT2D eigenvalue weighted by molar-refractivity contribution is -0.175. The predicted molar refractivity (Wildman–Crippen MR) is 157 cm³/mol. The smallest absolute Gasteiger partial charge is 0.396 e. The van der Waals surface area contributed by atoms with Gasteiger partial charge in [-0.1, -0.05) is 12.1 Å². The molecule has 1 aromatic carbocycles. The average Bonchev–Trinajstić information content (AvgIpc) is 2.99. The number of nitrogens with zero attached hydrogens (tertiary/aromatic N) is 4. The maximum atomic E-state index is 13.0. The maximum Gasteiger partial charge on any atom is 0.416 e. The van der Waals surface area contributed by atoms with E-state index in [0.717, 1.165) is 24.0 Å². The van der Waals surface area contributed by atoms with E-state index < -0.39 is 23.1 Å². The van der Waals surface area contributed by atoms with Crippen molar-refractivity contribution in [3.05, 3.63) is 76.9 Å². The zero-order chi connectivity index (χ0) is 31.6. The molecule has 0 aliphatic carbocycles. The molecule has 2 amide bonds. The van der Waals surface area contributed by atoms with E-state index in [2.05, 4.69) is 15.3 Å². The highest BCUT2D eigenvalue weighted by atomic mass is 19.4. The molecule has 5 N–H and O–H groups in total. The largest absolute Gasteiger partial charge is 0.416 e. The Morgan fingerprint density at radius 2 is 1.86 bits per heavy atom. The second kappa shape index (κ2) is 12.3. The Morgan fingerprint density at radius 1 is 1.16 bits per heavy atom.